The summed E-state index contributed by atoms with van der Waals surface area (Å²) in [6, 6.07) is -2.90. The summed E-state index contributed by atoms with van der Waals surface area (Å²) in [4.78, 5) is 21.3. The number of esters is 1. The first-order chi connectivity index (χ1) is 7.63. The zero-order chi connectivity index (χ0) is 13.6. The number of carboxylic acids is 1. The highest BCUT2D eigenvalue weighted by atomic mass is 32.3. The number of carboxylic acid groups (broad SMARTS) is 1. The van der Waals surface area contributed by atoms with E-state index in [0.717, 1.165) is 0 Å². The van der Waals surface area contributed by atoms with E-state index in [1.54, 1.807) is 0 Å². The van der Waals surface area contributed by atoms with Gasteiger partial charge < -0.3 is 21.3 Å². The summed E-state index contributed by atoms with van der Waals surface area (Å²) in [7, 11) is -4.70. The smallest absolute Gasteiger partial charge is 0.397 e. The number of carbonyl (C=O) groups excluding carboxylic acids is 1. The predicted molar refractivity (Wildman–Crippen MR) is 52.0 cm³/mol. The molecule has 0 bridgehead atoms. The molecule has 0 amide bonds. The molecule has 10 nitrogen and oxygen atoms in total. The maximum atomic E-state index is 11.0. The summed E-state index contributed by atoms with van der Waals surface area (Å²) in [6.07, 6.45) is 0. The Balaban J connectivity index is 4.03. The van der Waals surface area contributed by atoms with Gasteiger partial charge in [0.25, 0.3) is 0 Å². The van der Waals surface area contributed by atoms with Gasteiger partial charge in [0.2, 0.25) is 0 Å². The summed E-state index contributed by atoms with van der Waals surface area (Å²) in [5.74, 6) is -2.48. The van der Waals surface area contributed by atoms with Crippen molar-refractivity contribution in [2.75, 3.05) is 13.2 Å². The molecule has 0 aromatic rings. The number of hydrogen-bond donors (Lipinski definition) is 4. The fourth-order valence-corrected chi connectivity index (χ4v) is 0.896. The molecule has 17 heavy (non-hydrogen) atoms. The second kappa shape index (κ2) is 6.46. The number of aliphatic carboxylic acids is 1. The number of hydrogen-bond acceptors (Lipinski definition) is 8. The van der Waals surface area contributed by atoms with Crippen molar-refractivity contribution in [3.05, 3.63) is 0 Å². The van der Waals surface area contributed by atoms with Crippen molar-refractivity contribution >= 4 is 22.3 Å². The minimum absolute atomic E-state index is 0.617. The predicted octanol–water partition coefficient (Wildman–Crippen LogP) is -2.91. The summed E-state index contributed by atoms with van der Waals surface area (Å²) in [5.41, 5.74) is 10.1. The van der Waals surface area contributed by atoms with E-state index in [1.165, 1.54) is 0 Å². The molecule has 0 radical (unpaired) electrons. The molecule has 2 atom stereocenters. The van der Waals surface area contributed by atoms with Crippen LogP contribution in [0.1, 0.15) is 0 Å². The number of ether oxygens (including phenoxy) is 1. The zero-order valence-electron chi connectivity index (χ0n) is 8.48. The van der Waals surface area contributed by atoms with Gasteiger partial charge in [-0.3, -0.25) is 14.1 Å². The van der Waals surface area contributed by atoms with Crippen molar-refractivity contribution in [1.29, 1.82) is 0 Å². The van der Waals surface area contributed by atoms with E-state index in [-0.39, 0.29) is 0 Å². The lowest BCUT2D eigenvalue weighted by Gasteiger charge is -2.12. The van der Waals surface area contributed by atoms with Gasteiger partial charge >= 0.3 is 22.3 Å². The van der Waals surface area contributed by atoms with Crippen LogP contribution in [0.3, 0.4) is 0 Å². The molecule has 0 aliphatic carbocycles. The van der Waals surface area contributed by atoms with Gasteiger partial charge in [-0.15, -0.1) is 0 Å². The molecular weight excluding hydrogens is 260 g/mol. The summed E-state index contributed by atoms with van der Waals surface area (Å²) in [5, 5.41) is 8.36. The molecule has 0 saturated carbocycles. The number of carbonyl (C=O) groups is 2. The minimum Gasteiger partial charge on any atom is -0.480 e. The van der Waals surface area contributed by atoms with Gasteiger partial charge in [0, 0.05) is 0 Å². The lowest BCUT2D eigenvalue weighted by molar-refractivity contribution is -0.149. The first-order valence-electron chi connectivity index (χ1n) is 4.16. The van der Waals surface area contributed by atoms with E-state index in [0.29, 0.717) is 0 Å². The van der Waals surface area contributed by atoms with Gasteiger partial charge in [-0.05, 0) is 0 Å². The lowest BCUT2D eigenvalue weighted by atomic mass is 10.3. The number of rotatable bonds is 7. The molecule has 0 aromatic carbocycles. The Bertz CT molecular complexity index is 379. The van der Waals surface area contributed by atoms with Gasteiger partial charge in [-0.25, -0.2) is 4.18 Å². The van der Waals surface area contributed by atoms with Crippen molar-refractivity contribution in [3.8, 4) is 0 Å². The Morgan fingerprint density at radius 3 is 2.12 bits per heavy atom. The minimum atomic E-state index is -4.70. The van der Waals surface area contributed by atoms with Crippen LogP contribution in [-0.2, 0) is 28.9 Å². The van der Waals surface area contributed by atoms with Crippen LogP contribution in [-0.4, -0.2) is 55.3 Å². The molecule has 0 unspecified atom stereocenters. The summed E-state index contributed by atoms with van der Waals surface area (Å²) < 4.78 is 36.7. The molecule has 0 heterocycles. The molecule has 100 valence electrons. The molecule has 0 aromatic heterocycles. The number of nitrogens with two attached hydrogens (primary N) is 2. The van der Waals surface area contributed by atoms with Crippen molar-refractivity contribution in [2.45, 2.75) is 12.1 Å². The Labute approximate surface area is 96.4 Å². The van der Waals surface area contributed by atoms with Crippen LogP contribution in [0.2, 0.25) is 0 Å². The Morgan fingerprint density at radius 1 is 1.18 bits per heavy atom. The van der Waals surface area contributed by atoms with Gasteiger partial charge in [-0.1, -0.05) is 0 Å². The Hall–Kier alpha value is -1.27. The van der Waals surface area contributed by atoms with E-state index in [1.807, 2.05) is 0 Å². The standard InChI is InChI=1S/C6H12N2O8S/c7-3(5(9)10)1-15-6(11)4(8)2-16-17(12,13)14/h3-4H,1-2,7-8H2,(H,9,10)(H,12,13,14)/t3-,4-/m0/s1. The third kappa shape index (κ3) is 7.59. The van der Waals surface area contributed by atoms with Crippen LogP contribution < -0.4 is 11.5 Å². The fourth-order valence-electron chi connectivity index (χ4n) is 0.578. The van der Waals surface area contributed by atoms with E-state index < -0.39 is 47.6 Å². The highest BCUT2D eigenvalue weighted by Gasteiger charge is 2.21. The monoisotopic (exact) mass is 272 g/mol. The Kier molecular flexibility index (Phi) is 5.98. The maximum absolute atomic E-state index is 11.0. The molecule has 0 rings (SSSR count). The first-order valence-corrected chi connectivity index (χ1v) is 5.52. The largest absolute Gasteiger partial charge is 0.480 e. The molecule has 0 fully saturated rings. The van der Waals surface area contributed by atoms with Crippen LogP contribution >= 0.6 is 0 Å². The van der Waals surface area contributed by atoms with Crippen molar-refractivity contribution in [2.24, 2.45) is 11.5 Å². The SMILES string of the molecule is N[C@@H](COC(=O)[C@@H](N)COS(=O)(=O)O)C(=O)O. The van der Waals surface area contributed by atoms with Crippen LogP contribution in [0.25, 0.3) is 0 Å². The highest BCUT2D eigenvalue weighted by molar-refractivity contribution is 7.80. The van der Waals surface area contributed by atoms with Crippen molar-refractivity contribution < 1.29 is 36.6 Å². The van der Waals surface area contributed by atoms with E-state index >= 15 is 0 Å². The van der Waals surface area contributed by atoms with E-state index in [9.17, 15) is 18.0 Å². The maximum Gasteiger partial charge on any atom is 0.397 e. The van der Waals surface area contributed by atoms with Gasteiger partial charge in [0.15, 0.2) is 0 Å². The van der Waals surface area contributed by atoms with Crippen LogP contribution in [0.4, 0.5) is 0 Å². The normalized spacial score (nSPS) is 15.0. The second-order valence-electron chi connectivity index (χ2n) is 2.89. The molecule has 6 N–H and O–H groups in total. The zero-order valence-corrected chi connectivity index (χ0v) is 9.29. The molecule has 0 aliphatic rings. The molecule has 0 aliphatic heterocycles. The summed E-state index contributed by atoms with van der Waals surface area (Å²) in [6.45, 7) is -1.45. The van der Waals surface area contributed by atoms with Gasteiger partial charge in [-0.2, -0.15) is 8.42 Å². The lowest BCUT2D eigenvalue weighted by Crippen LogP contribution is -2.41. The quantitative estimate of drug-likeness (QED) is 0.277. The third-order valence-electron chi connectivity index (χ3n) is 1.42. The fraction of sp³-hybridized carbons (Fsp3) is 0.667. The third-order valence-corrected chi connectivity index (χ3v) is 1.86. The molecule has 11 heteroatoms. The van der Waals surface area contributed by atoms with Gasteiger partial charge in [0.1, 0.15) is 18.7 Å². The van der Waals surface area contributed by atoms with Crippen molar-refractivity contribution in [3.63, 3.8) is 0 Å². The van der Waals surface area contributed by atoms with Gasteiger partial charge in [0.05, 0.1) is 6.61 Å². The first kappa shape index (κ1) is 15.7. The summed E-state index contributed by atoms with van der Waals surface area (Å²) >= 11 is 0. The van der Waals surface area contributed by atoms with Crippen LogP contribution in [0.5, 0.6) is 0 Å². The molecule has 0 saturated heterocycles. The van der Waals surface area contributed by atoms with Crippen molar-refractivity contribution in [1.82, 2.24) is 0 Å². The van der Waals surface area contributed by atoms with E-state index in [4.69, 9.17) is 21.1 Å². The molecule has 0 spiro atoms. The Morgan fingerprint density at radius 2 is 1.71 bits per heavy atom. The topological polar surface area (TPSA) is 179 Å². The van der Waals surface area contributed by atoms with Crippen LogP contribution in [0.15, 0.2) is 0 Å². The molecular formula is C6H12N2O8S. The second-order valence-corrected chi connectivity index (χ2v) is 3.98. The van der Waals surface area contributed by atoms with E-state index in [2.05, 4.69) is 8.92 Å². The highest BCUT2D eigenvalue weighted by Crippen LogP contribution is 1.93. The average Bonchev–Trinajstić information content (AvgIpc) is 2.20. The average molecular weight is 272 g/mol. The van der Waals surface area contributed by atoms with Crippen LogP contribution in [0, 0.1) is 0 Å².